The topological polar surface area (TPSA) is 113 Å². The quantitative estimate of drug-likeness (QED) is 0.675. The normalized spacial score (nSPS) is 23.5. The van der Waals surface area contributed by atoms with Crippen LogP contribution in [0.4, 0.5) is 0 Å². The van der Waals surface area contributed by atoms with Crippen LogP contribution in [0, 0.1) is 6.92 Å². The molecule has 1 saturated heterocycles. The molecule has 7 nitrogen and oxygen atoms in total. The van der Waals surface area contributed by atoms with Gasteiger partial charge in [-0.25, -0.2) is 9.59 Å². The molecule has 8 heteroatoms. The molecule has 2 aliphatic rings. The number of aryl methyl sites for hydroxylation is 1. The van der Waals surface area contributed by atoms with Gasteiger partial charge < -0.3 is 20.1 Å². The number of carboxylic acid groups (broad SMARTS) is 2. The van der Waals surface area contributed by atoms with E-state index in [0.717, 1.165) is 34.9 Å². The Morgan fingerprint density at radius 2 is 2.05 bits per heavy atom. The van der Waals surface area contributed by atoms with Gasteiger partial charge in [0.15, 0.2) is 0 Å². The largest absolute Gasteiger partial charge is 0.473 e. The Balaban J connectivity index is 0.000000232. The number of nitrogens with one attached hydrogen (secondary N) is 1. The Morgan fingerprint density at radius 3 is 2.57 bits per heavy atom. The number of carboxylic acids is 2. The van der Waals surface area contributed by atoms with E-state index in [1.165, 1.54) is 6.42 Å². The minimum Gasteiger partial charge on any atom is -0.473 e. The molecule has 0 radical (unpaired) electrons. The molecule has 2 bridgehead atoms. The summed E-state index contributed by atoms with van der Waals surface area (Å²) in [6.07, 6.45) is 3.29. The zero-order valence-electron chi connectivity index (χ0n) is 11.3. The van der Waals surface area contributed by atoms with Crippen LogP contribution in [0.15, 0.2) is 15.6 Å². The maximum Gasteiger partial charge on any atom is 0.414 e. The lowest BCUT2D eigenvalue weighted by molar-refractivity contribution is -0.159. The van der Waals surface area contributed by atoms with Crippen LogP contribution < -0.4 is 5.32 Å². The predicted octanol–water partition coefficient (Wildman–Crippen LogP) is 1.61. The van der Waals surface area contributed by atoms with Gasteiger partial charge in [-0.1, -0.05) is 16.8 Å². The zero-order valence-corrected chi connectivity index (χ0v) is 12.1. The van der Waals surface area contributed by atoms with Crippen molar-refractivity contribution in [3.8, 4) is 0 Å². The predicted molar refractivity (Wildman–Crippen MR) is 73.8 cm³/mol. The van der Waals surface area contributed by atoms with E-state index in [-0.39, 0.29) is 0 Å². The van der Waals surface area contributed by atoms with Crippen LogP contribution in [-0.4, -0.2) is 39.4 Å². The summed E-state index contributed by atoms with van der Waals surface area (Å²) in [4.78, 5) is 18.2. The third-order valence-electron chi connectivity index (χ3n) is 3.39. The summed E-state index contributed by atoms with van der Waals surface area (Å²) >= 11 is 6.31. The molecule has 114 valence electrons. The fraction of sp³-hybridized carbons (Fsp3) is 0.462. The molecule has 0 saturated carbocycles. The van der Waals surface area contributed by atoms with Crippen LogP contribution in [0.1, 0.15) is 30.7 Å². The number of halogens is 1. The van der Waals surface area contributed by atoms with Crippen molar-refractivity contribution >= 4 is 29.1 Å². The van der Waals surface area contributed by atoms with Crippen molar-refractivity contribution in [2.45, 2.75) is 38.3 Å². The van der Waals surface area contributed by atoms with Crippen molar-refractivity contribution in [1.29, 1.82) is 0 Å². The lowest BCUT2D eigenvalue weighted by Gasteiger charge is -2.23. The molecule has 1 aromatic heterocycles. The number of nitrogens with zero attached hydrogens (tertiary/aromatic N) is 1. The summed E-state index contributed by atoms with van der Waals surface area (Å²) in [5, 5.41) is 23.3. The third kappa shape index (κ3) is 3.62. The van der Waals surface area contributed by atoms with Gasteiger partial charge in [-0.05, 0) is 26.2 Å². The Hall–Kier alpha value is -1.86. The second-order valence-electron chi connectivity index (χ2n) is 4.95. The van der Waals surface area contributed by atoms with Gasteiger partial charge in [0, 0.05) is 28.8 Å². The summed E-state index contributed by atoms with van der Waals surface area (Å²) in [6, 6.07) is 2.90. The van der Waals surface area contributed by atoms with E-state index in [2.05, 4.69) is 10.5 Å². The van der Waals surface area contributed by atoms with Gasteiger partial charge in [0.05, 0.1) is 0 Å². The van der Waals surface area contributed by atoms with E-state index < -0.39 is 11.9 Å². The molecule has 0 aromatic carbocycles. The maximum atomic E-state index is 9.10. The highest BCUT2D eigenvalue weighted by atomic mass is 35.5. The summed E-state index contributed by atoms with van der Waals surface area (Å²) < 4.78 is 5.10. The molecule has 1 fully saturated rings. The van der Waals surface area contributed by atoms with Crippen LogP contribution in [0.25, 0.3) is 5.57 Å². The van der Waals surface area contributed by atoms with E-state index in [4.69, 9.17) is 35.9 Å². The lowest BCUT2D eigenvalue weighted by Crippen LogP contribution is -2.34. The Bertz CT molecular complexity index is 583. The van der Waals surface area contributed by atoms with Crippen LogP contribution in [0.3, 0.4) is 0 Å². The molecule has 1 aromatic rings. The molecule has 3 N–H and O–H groups in total. The number of fused-ring (bicyclic) bond motifs is 2. The molecular weight excluding hydrogens is 300 g/mol. The van der Waals surface area contributed by atoms with Gasteiger partial charge in [-0.15, -0.1) is 0 Å². The monoisotopic (exact) mass is 314 g/mol. The molecule has 0 aliphatic carbocycles. The minimum atomic E-state index is -1.82. The van der Waals surface area contributed by atoms with Crippen molar-refractivity contribution in [3.05, 3.63) is 22.6 Å². The maximum absolute atomic E-state index is 9.10. The lowest BCUT2D eigenvalue weighted by atomic mass is 10.00. The number of carbonyl (C=O) groups is 2. The van der Waals surface area contributed by atoms with Crippen LogP contribution in [-0.2, 0) is 9.59 Å². The van der Waals surface area contributed by atoms with Gasteiger partial charge in [-0.3, -0.25) is 0 Å². The summed E-state index contributed by atoms with van der Waals surface area (Å²) in [5.41, 5.74) is 2.04. The van der Waals surface area contributed by atoms with Crippen molar-refractivity contribution < 1.29 is 24.3 Å². The fourth-order valence-corrected chi connectivity index (χ4v) is 2.95. The average Bonchev–Trinajstić information content (AvgIpc) is 2.98. The number of hydrogen-bond acceptors (Lipinski definition) is 5. The average molecular weight is 315 g/mol. The number of rotatable bonds is 1. The van der Waals surface area contributed by atoms with Crippen LogP contribution >= 0.6 is 11.6 Å². The number of hydrogen-bond donors (Lipinski definition) is 3. The first-order valence-corrected chi connectivity index (χ1v) is 6.80. The SMILES string of the molecule is Cc1cc(C2=C(Cl)CC3CCC2N3)no1.O=C(O)C(=O)O. The van der Waals surface area contributed by atoms with Gasteiger partial charge in [0.2, 0.25) is 0 Å². The van der Waals surface area contributed by atoms with Crippen LogP contribution in [0.5, 0.6) is 0 Å². The minimum absolute atomic E-state index is 0.376. The standard InChI is InChI=1S/C11H13ClN2O.C2H2O4/c1-6-4-10(14-15-6)11-8(12)5-7-2-3-9(11)13-7;3-1(4)2(5)6/h4,7,9,13H,2-3,5H2,1H3;(H,3,4)(H,5,6). The molecule has 3 rings (SSSR count). The highest BCUT2D eigenvalue weighted by molar-refractivity contribution is 6.33. The summed E-state index contributed by atoms with van der Waals surface area (Å²) in [7, 11) is 0. The number of aliphatic carboxylic acids is 2. The molecular formula is C13H15ClN2O5. The van der Waals surface area contributed by atoms with E-state index in [9.17, 15) is 0 Å². The zero-order chi connectivity index (χ0) is 15.6. The highest BCUT2D eigenvalue weighted by Crippen LogP contribution is 2.38. The Morgan fingerprint density at radius 1 is 1.38 bits per heavy atom. The fourth-order valence-electron chi connectivity index (χ4n) is 2.53. The highest BCUT2D eigenvalue weighted by Gasteiger charge is 2.35. The molecule has 21 heavy (non-hydrogen) atoms. The van der Waals surface area contributed by atoms with Crippen molar-refractivity contribution in [1.82, 2.24) is 10.5 Å². The molecule has 2 unspecified atom stereocenters. The van der Waals surface area contributed by atoms with E-state index in [1.807, 2.05) is 13.0 Å². The van der Waals surface area contributed by atoms with Crippen molar-refractivity contribution in [2.24, 2.45) is 0 Å². The Kier molecular flexibility index (Phi) is 4.64. The second kappa shape index (κ2) is 6.28. The third-order valence-corrected chi connectivity index (χ3v) is 3.75. The first-order chi connectivity index (χ1) is 9.88. The Labute approximate surface area is 125 Å². The van der Waals surface area contributed by atoms with E-state index in [0.29, 0.717) is 12.1 Å². The molecule has 3 heterocycles. The summed E-state index contributed by atoms with van der Waals surface area (Å²) in [5.74, 6) is -2.81. The number of aromatic nitrogens is 1. The van der Waals surface area contributed by atoms with Crippen LogP contribution in [0.2, 0.25) is 0 Å². The molecule has 2 aliphatic heterocycles. The van der Waals surface area contributed by atoms with Crippen molar-refractivity contribution in [3.63, 3.8) is 0 Å². The van der Waals surface area contributed by atoms with Gasteiger partial charge >= 0.3 is 11.9 Å². The smallest absolute Gasteiger partial charge is 0.414 e. The second-order valence-corrected chi connectivity index (χ2v) is 5.41. The molecule has 2 atom stereocenters. The summed E-state index contributed by atoms with van der Waals surface area (Å²) in [6.45, 7) is 1.90. The van der Waals surface area contributed by atoms with Gasteiger partial charge in [-0.2, -0.15) is 0 Å². The van der Waals surface area contributed by atoms with E-state index in [1.54, 1.807) is 0 Å². The van der Waals surface area contributed by atoms with E-state index >= 15 is 0 Å². The first-order valence-electron chi connectivity index (χ1n) is 6.43. The van der Waals surface area contributed by atoms with Gasteiger partial charge in [0.25, 0.3) is 0 Å². The van der Waals surface area contributed by atoms with Gasteiger partial charge in [0.1, 0.15) is 11.5 Å². The molecule has 0 spiro atoms. The first kappa shape index (κ1) is 15.5. The molecule has 0 amide bonds. The van der Waals surface area contributed by atoms with Crippen molar-refractivity contribution in [2.75, 3.05) is 0 Å².